The fourth-order valence-electron chi connectivity index (χ4n) is 2.98. The summed E-state index contributed by atoms with van der Waals surface area (Å²) in [5, 5.41) is 0. The molecule has 0 saturated carbocycles. The first-order valence-corrected chi connectivity index (χ1v) is 8.44. The Labute approximate surface area is 143 Å². The van der Waals surface area contributed by atoms with Crippen molar-refractivity contribution in [2.24, 2.45) is 0 Å². The number of rotatable bonds is 4. The molecule has 1 aliphatic rings. The van der Waals surface area contributed by atoms with E-state index in [1.165, 1.54) is 0 Å². The van der Waals surface area contributed by atoms with Crippen molar-refractivity contribution < 1.29 is 4.79 Å². The Hall–Kier alpha value is -2.40. The van der Waals surface area contributed by atoms with E-state index in [0.717, 1.165) is 44.1 Å². The molecule has 0 aliphatic carbocycles. The Bertz CT molecular complexity index is 681. The quantitative estimate of drug-likeness (QED) is 0.867. The molecule has 1 amide bonds. The molecule has 1 fully saturated rings. The molecule has 0 bridgehead atoms. The molecule has 0 radical (unpaired) electrons. The van der Waals surface area contributed by atoms with E-state index in [2.05, 4.69) is 16.8 Å². The van der Waals surface area contributed by atoms with Gasteiger partial charge in [0.2, 0.25) is 0 Å². The lowest BCUT2D eigenvalue weighted by Gasteiger charge is -2.34. The SMILES string of the molecule is CCN1CCN(C(=O)c2cncc(N(C)c3ccccc3)c2)CC1. The fraction of sp³-hybridized carbons (Fsp3) is 0.368. The van der Waals surface area contributed by atoms with Crippen LogP contribution in [0.1, 0.15) is 17.3 Å². The van der Waals surface area contributed by atoms with Gasteiger partial charge in [-0.2, -0.15) is 0 Å². The summed E-state index contributed by atoms with van der Waals surface area (Å²) >= 11 is 0. The molecule has 126 valence electrons. The molecule has 1 aromatic carbocycles. The number of hydrogen-bond acceptors (Lipinski definition) is 4. The molecule has 0 N–H and O–H groups in total. The smallest absolute Gasteiger partial charge is 0.255 e. The lowest BCUT2D eigenvalue weighted by atomic mass is 10.2. The van der Waals surface area contributed by atoms with Gasteiger partial charge in [-0.05, 0) is 24.7 Å². The summed E-state index contributed by atoms with van der Waals surface area (Å²) < 4.78 is 0. The number of carbonyl (C=O) groups excluding carboxylic acids is 1. The van der Waals surface area contributed by atoms with E-state index >= 15 is 0 Å². The lowest BCUT2D eigenvalue weighted by molar-refractivity contribution is 0.0643. The van der Waals surface area contributed by atoms with Gasteiger partial charge in [0.05, 0.1) is 17.4 Å². The largest absolute Gasteiger partial charge is 0.343 e. The van der Waals surface area contributed by atoms with Crippen molar-refractivity contribution in [2.45, 2.75) is 6.92 Å². The molecule has 5 nitrogen and oxygen atoms in total. The predicted octanol–water partition coefficient (Wildman–Crippen LogP) is 2.63. The molecule has 3 rings (SSSR count). The van der Waals surface area contributed by atoms with Crippen molar-refractivity contribution in [3.05, 3.63) is 54.4 Å². The van der Waals surface area contributed by atoms with Crippen LogP contribution in [-0.4, -0.2) is 60.5 Å². The third-order valence-corrected chi connectivity index (χ3v) is 4.61. The standard InChI is InChI=1S/C19H24N4O/c1-3-22-9-11-23(12-10-22)19(24)16-13-18(15-20-14-16)21(2)17-7-5-4-6-8-17/h4-8,13-15H,3,9-12H2,1-2H3. The summed E-state index contributed by atoms with van der Waals surface area (Å²) in [5.41, 5.74) is 2.64. The fourth-order valence-corrected chi connectivity index (χ4v) is 2.98. The highest BCUT2D eigenvalue weighted by Gasteiger charge is 2.22. The average Bonchev–Trinajstić information content (AvgIpc) is 2.67. The van der Waals surface area contributed by atoms with Crippen LogP contribution in [0.15, 0.2) is 48.8 Å². The summed E-state index contributed by atoms with van der Waals surface area (Å²) in [7, 11) is 1.99. The predicted molar refractivity (Wildman–Crippen MR) is 96.8 cm³/mol. The second-order valence-electron chi connectivity index (χ2n) is 6.05. The minimum Gasteiger partial charge on any atom is -0.343 e. The van der Waals surface area contributed by atoms with Crippen molar-refractivity contribution >= 4 is 17.3 Å². The molecular weight excluding hydrogens is 300 g/mol. The van der Waals surface area contributed by atoms with Crippen LogP contribution in [0, 0.1) is 0 Å². The number of hydrogen-bond donors (Lipinski definition) is 0. The van der Waals surface area contributed by atoms with Gasteiger partial charge in [-0.1, -0.05) is 25.1 Å². The van der Waals surface area contributed by atoms with E-state index in [4.69, 9.17) is 0 Å². The number of carbonyl (C=O) groups is 1. The molecule has 2 heterocycles. The maximum atomic E-state index is 12.8. The number of benzene rings is 1. The summed E-state index contributed by atoms with van der Waals surface area (Å²) in [5.74, 6) is 0.0709. The molecule has 2 aromatic rings. The van der Waals surface area contributed by atoms with Crippen LogP contribution in [-0.2, 0) is 0 Å². The Balaban J connectivity index is 1.74. The van der Waals surface area contributed by atoms with Crippen molar-refractivity contribution in [3.8, 4) is 0 Å². The second kappa shape index (κ2) is 7.45. The van der Waals surface area contributed by atoms with Gasteiger partial charge in [-0.25, -0.2) is 0 Å². The summed E-state index contributed by atoms with van der Waals surface area (Å²) in [6, 6.07) is 12.0. The van der Waals surface area contributed by atoms with Crippen LogP contribution in [0.4, 0.5) is 11.4 Å². The van der Waals surface area contributed by atoms with Gasteiger partial charge in [-0.15, -0.1) is 0 Å². The van der Waals surface area contributed by atoms with E-state index in [1.54, 1.807) is 12.4 Å². The number of amides is 1. The van der Waals surface area contributed by atoms with Gasteiger partial charge < -0.3 is 14.7 Å². The lowest BCUT2D eigenvalue weighted by Crippen LogP contribution is -2.48. The minimum atomic E-state index is 0.0709. The van der Waals surface area contributed by atoms with Crippen molar-refractivity contribution in [1.82, 2.24) is 14.8 Å². The number of aromatic nitrogens is 1. The molecular formula is C19H24N4O. The molecule has 0 spiro atoms. The second-order valence-corrected chi connectivity index (χ2v) is 6.05. The minimum absolute atomic E-state index is 0.0709. The molecule has 5 heteroatoms. The topological polar surface area (TPSA) is 39.7 Å². The third kappa shape index (κ3) is 3.57. The summed E-state index contributed by atoms with van der Waals surface area (Å²) in [4.78, 5) is 23.4. The number of piperazine rings is 1. The van der Waals surface area contributed by atoms with Gasteiger partial charge in [0, 0.05) is 45.1 Å². The van der Waals surface area contributed by atoms with Gasteiger partial charge in [-0.3, -0.25) is 9.78 Å². The Morgan fingerprint density at radius 3 is 2.46 bits per heavy atom. The van der Waals surface area contributed by atoms with Crippen molar-refractivity contribution in [3.63, 3.8) is 0 Å². The zero-order chi connectivity index (χ0) is 16.9. The summed E-state index contributed by atoms with van der Waals surface area (Å²) in [6.45, 7) is 6.65. The summed E-state index contributed by atoms with van der Waals surface area (Å²) in [6.07, 6.45) is 3.45. The highest BCUT2D eigenvalue weighted by Crippen LogP contribution is 2.23. The van der Waals surface area contributed by atoms with Crippen LogP contribution in [0.2, 0.25) is 0 Å². The normalized spacial score (nSPS) is 15.3. The van der Waals surface area contributed by atoms with Gasteiger partial charge in [0.1, 0.15) is 0 Å². The number of pyridine rings is 1. The van der Waals surface area contributed by atoms with Crippen LogP contribution in [0.5, 0.6) is 0 Å². The van der Waals surface area contributed by atoms with E-state index in [-0.39, 0.29) is 5.91 Å². The Morgan fingerprint density at radius 1 is 1.08 bits per heavy atom. The molecule has 1 aromatic heterocycles. The van der Waals surface area contributed by atoms with Gasteiger partial charge >= 0.3 is 0 Å². The van der Waals surface area contributed by atoms with E-state index < -0.39 is 0 Å². The Morgan fingerprint density at radius 2 is 1.79 bits per heavy atom. The molecule has 0 unspecified atom stereocenters. The number of anilines is 2. The Kier molecular flexibility index (Phi) is 5.11. The average molecular weight is 324 g/mol. The highest BCUT2D eigenvalue weighted by atomic mass is 16.2. The van der Waals surface area contributed by atoms with Crippen LogP contribution in [0.25, 0.3) is 0 Å². The van der Waals surface area contributed by atoms with Crippen LogP contribution >= 0.6 is 0 Å². The number of nitrogens with zero attached hydrogens (tertiary/aromatic N) is 4. The first kappa shape index (κ1) is 16.5. The van der Waals surface area contributed by atoms with Crippen LogP contribution < -0.4 is 4.90 Å². The van der Waals surface area contributed by atoms with E-state index in [0.29, 0.717) is 5.56 Å². The molecule has 24 heavy (non-hydrogen) atoms. The molecule has 1 aliphatic heterocycles. The van der Waals surface area contributed by atoms with Gasteiger partial charge in [0.25, 0.3) is 5.91 Å². The first-order chi connectivity index (χ1) is 11.7. The first-order valence-electron chi connectivity index (χ1n) is 8.44. The van der Waals surface area contributed by atoms with Crippen molar-refractivity contribution in [1.29, 1.82) is 0 Å². The van der Waals surface area contributed by atoms with Gasteiger partial charge in [0.15, 0.2) is 0 Å². The molecule has 1 saturated heterocycles. The zero-order valence-electron chi connectivity index (χ0n) is 14.4. The third-order valence-electron chi connectivity index (χ3n) is 4.61. The van der Waals surface area contributed by atoms with E-state index in [1.807, 2.05) is 53.2 Å². The maximum Gasteiger partial charge on any atom is 0.255 e. The maximum absolute atomic E-state index is 12.8. The highest BCUT2D eigenvalue weighted by molar-refractivity contribution is 5.95. The zero-order valence-corrected chi connectivity index (χ0v) is 14.4. The molecule has 0 atom stereocenters. The van der Waals surface area contributed by atoms with Crippen molar-refractivity contribution in [2.75, 3.05) is 44.7 Å². The monoisotopic (exact) mass is 324 g/mol. The van der Waals surface area contributed by atoms with Crippen LogP contribution in [0.3, 0.4) is 0 Å². The number of para-hydroxylation sites is 1. The van der Waals surface area contributed by atoms with E-state index in [9.17, 15) is 4.79 Å². The number of likely N-dealkylation sites (N-methyl/N-ethyl adjacent to an activating group) is 1.